The van der Waals surface area contributed by atoms with Crippen molar-refractivity contribution in [2.24, 2.45) is 5.41 Å². The van der Waals surface area contributed by atoms with Crippen molar-refractivity contribution in [1.29, 1.82) is 0 Å². The molecule has 35 heavy (non-hydrogen) atoms. The van der Waals surface area contributed by atoms with Gasteiger partial charge in [-0.15, -0.1) is 0 Å². The molecule has 0 amide bonds. The van der Waals surface area contributed by atoms with E-state index in [1.165, 1.54) is 10.4 Å². The zero-order valence-corrected chi connectivity index (χ0v) is 25.4. The van der Waals surface area contributed by atoms with E-state index in [9.17, 15) is 4.79 Å². The number of carbonyl (C=O) groups excluding carboxylic acids is 1. The van der Waals surface area contributed by atoms with Gasteiger partial charge in [0.05, 0.1) is 6.10 Å². The largest absolute Gasteiger partial charge is 0.413 e. The maximum absolute atomic E-state index is 13.2. The predicted octanol–water partition coefficient (Wildman–Crippen LogP) is 6.71. The minimum absolute atomic E-state index is 0.0289. The highest BCUT2D eigenvalue weighted by Gasteiger charge is 2.51. The molecule has 0 aliphatic heterocycles. The van der Waals surface area contributed by atoms with Crippen molar-refractivity contribution in [3.05, 3.63) is 60.7 Å². The summed E-state index contributed by atoms with van der Waals surface area (Å²) in [7, 11) is -4.50. The van der Waals surface area contributed by atoms with Crippen LogP contribution in [0.5, 0.6) is 0 Å². The molecular weight excluding hydrogens is 464 g/mol. The lowest BCUT2D eigenvalue weighted by Crippen LogP contribution is -2.66. The van der Waals surface area contributed by atoms with E-state index in [0.29, 0.717) is 18.8 Å². The molecule has 1 fully saturated rings. The zero-order valence-electron chi connectivity index (χ0n) is 23.4. The van der Waals surface area contributed by atoms with E-state index in [-0.39, 0.29) is 16.2 Å². The summed E-state index contributed by atoms with van der Waals surface area (Å²) in [4.78, 5) is 13.2. The van der Waals surface area contributed by atoms with Gasteiger partial charge in [0.15, 0.2) is 8.32 Å². The van der Waals surface area contributed by atoms with Crippen molar-refractivity contribution in [3.8, 4) is 0 Å². The van der Waals surface area contributed by atoms with Gasteiger partial charge in [-0.1, -0.05) is 109 Å². The molecule has 2 aromatic carbocycles. The van der Waals surface area contributed by atoms with Crippen LogP contribution in [0, 0.1) is 5.41 Å². The molecule has 0 spiro atoms. The number of rotatable bonds is 8. The Kier molecular flexibility index (Phi) is 8.08. The fourth-order valence-corrected chi connectivity index (χ4v) is 11.2. The van der Waals surface area contributed by atoms with Crippen molar-refractivity contribution < 1.29 is 13.6 Å². The van der Waals surface area contributed by atoms with Crippen LogP contribution >= 0.6 is 0 Å². The third-order valence-corrected chi connectivity index (χ3v) is 18.0. The minimum atomic E-state index is -2.59. The summed E-state index contributed by atoms with van der Waals surface area (Å²) < 4.78 is 13.7. The monoisotopic (exact) mass is 510 g/mol. The predicted molar refractivity (Wildman–Crippen MR) is 153 cm³/mol. The van der Waals surface area contributed by atoms with Crippen LogP contribution in [0.1, 0.15) is 67.7 Å². The first-order valence-electron chi connectivity index (χ1n) is 13.1. The van der Waals surface area contributed by atoms with Crippen molar-refractivity contribution in [3.63, 3.8) is 0 Å². The third-order valence-electron chi connectivity index (χ3n) is 8.42. The molecule has 1 aliphatic carbocycles. The highest BCUT2D eigenvalue weighted by molar-refractivity contribution is 6.99. The Bertz CT molecular complexity index is 950. The summed E-state index contributed by atoms with van der Waals surface area (Å²) in [5.41, 5.74) is -0.390. The second-order valence-corrected chi connectivity index (χ2v) is 22.2. The summed E-state index contributed by atoms with van der Waals surface area (Å²) in [5, 5.41) is 2.63. The van der Waals surface area contributed by atoms with Gasteiger partial charge in [0.1, 0.15) is 5.78 Å². The van der Waals surface area contributed by atoms with Crippen molar-refractivity contribution >= 4 is 32.8 Å². The molecule has 1 aliphatic rings. The highest BCUT2D eigenvalue weighted by atomic mass is 28.4. The van der Waals surface area contributed by atoms with E-state index < -0.39 is 22.0 Å². The summed E-state index contributed by atoms with van der Waals surface area (Å²) in [6, 6.07) is 21.4. The summed E-state index contributed by atoms with van der Waals surface area (Å²) >= 11 is 0. The Morgan fingerprint density at radius 1 is 0.857 bits per heavy atom. The van der Waals surface area contributed by atoms with E-state index in [1.54, 1.807) is 0 Å². The summed E-state index contributed by atoms with van der Waals surface area (Å²) in [6.07, 6.45) is 2.08. The molecule has 0 saturated heterocycles. The fourth-order valence-electron chi connectivity index (χ4n) is 5.25. The molecule has 2 aromatic rings. The molecule has 3 nitrogen and oxygen atoms in total. The third kappa shape index (κ3) is 5.74. The fraction of sp³-hybridized carbons (Fsp3) is 0.567. The maximum atomic E-state index is 13.2. The molecular formula is C30H46O3Si2. The van der Waals surface area contributed by atoms with Crippen LogP contribution in [0.15, 0.2) is 60.7 Å². The van der Waals surface area contributed by atoms with Crippen LogP contribution in [-0.4, -0.2) is 35.1 Å². The quantitative estimate of drug-likeness (QED) is 0.370. The zero-order chi connectivity index (χ0) is 26.1. The van der Waals surface area contributed by atoms with Gasteiger partial charge in [0, 0.05) is 18.4 Å². The minimum Gasteiger partial charge on any atom is -0.413 e. The molecule has 2 atom stereocenters. The van der Waals surface area contributed by atoms with Gasteiger partial charge in [-0.2, -0.15) is 0 Å². The highest BCUT2D eigenvalue weighted by Crippen LogP contribution is 2.45. The molecule has 0 bridgehead atoms. The smallest absolute Gasteiger partial charge is 0.261 e. The number of ketones is 1. The number of Topliss-reactive ketones (excluding diaryl/α,β-unsaturated/α-hetero) is 1. The Balaban J connectivity index is 1.83. The van der Waals surface area contributed by atoms with Crippen molar-refractivity contribution in [2.45, 2.75) is 97.0 Å². The van der Waals surface area contributed by atoms with E-state index in [1.807, 2.05) is 0 Å². The van der Waals surface area contributed by atoms with E-state index in [0.717, 1.165) is 12.8 Å². The van der Waals surface area contributed by atoms with Crippen molar-refractivity contribution in [2.75, 3.05) is 6.61 Å². The topological polar surface area (TPSA) is 35.5 Å². The Hall–Kier alpha value is -1.54. The Morgan fingerprint density at radius 2 is 1.34 bits per heavy atom. The Morgan fingerprint density at radius 3 is 1.77 bits per heavy atom. The van der Waals surface area contributed by atoms with Crippen LogP contribution in [0.4, 0.5) is 0 Å². The van der Waals surface area contributed by atoms with Crippen LogP contribution < -0.4 is 10.4 Å². The first-order valence-corrected chi connectivity index (χ1v) is 17.9. The van der Waals surface area contributed by atoms with Gasteiger partial charge in [-0.3, -0.25) is 4.79 Å². The number of benzene rings is 2. The summed E-state index contributed by atoms with van der Waals surface area (Å²) in [6.45, 7) is 20.9. The molecule has 0 aromatic heterocycles. The number of carbonyl (C=O) groups is 1. The lowest BCUT2D eigenvalue weighted by molar-refractivity contribution is -0.125. The first kappa shape index (κ1) is 28.0. The lowest BCUT2D eigenvalue weighted by Gasteiger charge is -2.43. The first-order chi connectivity index (χ1) is 16.1. The molecule has 0 heterocycles. The van der Waals surface area contributed by atoms with E-state index in [4.69, 9.17) is 8.85 Å². The normalized spacial score (nSPS) is 22.0. The SMILES string of the molecule is CC(C)(C)[Si](C)(C)O[C@H]1CC(=O)[C@@](C)(CCO[Si](c2ccccc2)(c2ccccc2)C(C)(C)C)C1. The molecule has 5 heteroatoms. The molecule has 0 unspecified atom stereocenters. The molecule has 192 valence electrons. The van der Waals surface area contributed by atoms with Crippen LogP contribution in [0.3, 0.4) is 0 Å². The molecule has 3 rings (SSSR count). The number of hydrogen-bond acceptors (Lipinski definition) is 3. The molecule has 0 N–H and O–H groups in total. The molecule has 0 radical (unpaired) electrons. The molecule has 1 saturated carbocycles. The van der Waals surface area contributed by atoms with Gasteiger partial charge >= 0.3 is 0 Å². The van der Waals surface area contributed by atoms with Crippen LogP contribution in [-0.2, 0) is 13.6 Å². The van der Waals surface area contributed by atoms with Gasteiger partial charge in [0.2, 0.25) is 0 Å². The second kappa shape index (κ2) is 10.1. The average molecular weight is 511 g/mol. The summed E-state index contributed by atoms with van der Waals surface area (Å²) in [5.74, 6) is 0.326. The maximum Gasteiger partial charge on any atom is 0.261 e. The van der Waals surface area contributed by atoms with Crippen LogP contribution in [0.25, 0.3) is 0 Å². The van der Waals surface area contributed by atoms with E-state index in [2.05, 4.69) is 122 Å². The van der Waals surface area contributed by atoms with Gasteiger partial charge < -0.3 is 8.85 Å². The second-order valence-electron chi connectivity index (χ2n) is 13.2. The average Bonchev–Trinajstić information content (AvgIpc) is 3.03. The van der Waals surface area contributed by atoms with E-state index >= 15 is 0 Å². The lowest BCUT2D eigenvalue weighted by atomic mass is 9.84. The standard InChI is InChI=1S/C30H46O3Si2/c1-28(2,3)34(8,9)33-24-22-27(31)30(7,23-24)20-21-32-35(29(4,5)6,25-16-12-10-13-17-25)26-18-14-11-15-19-26/h10-19,24H,20-23H2,1-9H3/t24-,30-/m0/s1. The van der Waals surface area contributed by atoms with Crippen molar-refractivity contribution in [1.82, 2.24) is 0 Å². The van der Waals surface area contributed by atoms with Gasteiger partial charge in [0.25, 0.3) is 8.32 Å². The van der Waals surface area contributed by atoms with Gasteiger partial charge in [-0.25, -0.2) is 0 Å². The van der Waals surface area contributed by atoms with Gasteiger partial charge in [-0.05, 0) is 46.4 Å². The van der Waals surface area contributed by atoms with Crippen LogP contribution in [0.2, 0.25) is 23.2 Å². The Labute approximate surface area is 215 Å². The number of hydrogen-bond donors (Lipinski definition) is 0.